The Bertz CT molecular complexity index is 685. The lowest BCUT2D eigenvalue weighted by atomic mass is 10.2. The van der Waals surface area contributed by atoms with E-state index in [1.54, 1.807) is 25.1 Å². The Morgan fingerprint density at radius 3 is 2.95 bits per heavy atom. The molecule has 0 atom stereocenters. The maximum absolute atomic E-state index is 11.9. The molecule has 104 valence electrons. The second-order valence-corrected chi connectivity index (χ2v) is 4.78. The van der Waals surface area contributed by atoms with Crippen LogP contribution in [-0.4, -0.2) is 22.5 Å². The number of rotatable bonds is 4. The van der Waals surface area contributed by atoms with Crippen molar-refractivity contribution in [2.75, 3.05) is 12.3 Å². The van der Waals surface area contributed by atoms with Gasteiger partial charge in [-0.25, -0.2) is 9.78 Å². The van der Waals surface area contributed by atoms with Crippen molar-refractivity contribution in [2.24, 2.45) is 0 Å². The third kappa shape index (κ3) is 3.18. The van der Waals surface area contributed by atoms with Gasteiger partial charge in [-0.1, -0.05) is 6.07 Å². The molecule has 2 rings (SSSR count). The molecule has 1 heterocycles. The van der Waals surface area contributed by atoms with Crippen molar-refractivity contribution in [2.45, 2.75) is 17.0 Å². The maximum atomic E-state index is 11.9. The first-order valence-electron chi connectivity index (χ1n) is 5.90. The van der Waals surface area contributed by atoms with Crippen molar-refractivity contribution in [3.63, 3.8) is 0 Å². The van der Waals surface area contributed by atoms with Gasteiger partial charge < -0.3 is 15.5 Å². The summed E-state index contributed by atoms with van der Waals surface area (Å²) in [6, 6.07) is 6.28. The van der Waals surface area contributed by atoms with Crippen LogP contribution in [0.2, 0.25) is 0 Å². The van der Waals surface area contributed by atoms with E-state index in [-0.39, 0.29) is 12.2 Å². The van der Waals surface area contributed by atoms with Gasteiger partial charge >= 0.3 is 5.97 Å². The Balaban J connectivity index is 2.40. The van der Waals surface area contributed by atoms with Gasteiger partial charge in [0.1, 0.15) is 0 Å². The summed E-state index contributed by atoms with van der Waals surface area (Å²) in [4.78, 5) is 30.3. The number of nitrogens with zero attached hydrogens (tertiary/aromatic N) is 1. The van der Waals surface area contributed by atoms with Crippen molar-refractivity contribution >= 4 is 23.4 Å². The molecule has 0 aliphatic heterocycles. The molecule has 0 aliphatic carbocycles. The highest BCUT2D eigenvalue weighted by Gasteiger charge is 2.16. The molecule has 0 saturated heterocycles. The van der Waals surface area contributed by atoms with E-state index in [0.29, 0.717) is 21.3 Å². The molecule has 0 amide bonds. The van der Waals surface area contributed by atoms with Gasteiger partial charge in [-0.3, -0.25) is 4.79 Å². The van der Waals surface area contributed by atoms with Gasteiger partial charge in [0, 0.05) is 18.0 Å². The average Bonchev–Trinajstić information content (AvgIpc) is 2.41. The number of nitrogen functional groups attached to an aromatic ring is 1. The number of carbonyl (C=O) groups excluding carboxylic acids is 1. The number of esters is 1. The molecule has 0 aliphatic rings. The van der Waals surface area contributed by atoms with Gasteiger partial charge in [0.25, 0.3) is 5.56 Å². The summed E-state index contributed by atoms with van der Waals surface area (Å²) in [6.07, 6.45) is 1.39. The fourth-order valence-electron chi connectivity index (χ4n) is 1.54. The Hall–Kier alpha value is -2.28. The van der Waals surface area contributed by atoms with E-state index < -0.39 is 5.97 Å². The molecule has 0 radical (unpaired) electrons. The smallest absolute Gasteiger partial charge is 0.339 e. The minimum atomic E-state index is -0.458. The largest absolute Gasteiger partial charge is 0.462 e. The summed E-state index contributed by atoms with van der Waals surface area (Å²) >= 11 is 1.12. The monoisotopic (exact) mass is 291 g/mol. The number of hydrogen-bond acceptors (Lipinski definition) is 6. The van der Waals surface area contributed by atoms with E-state index in [1.807, 2.05) is 0 Å². The highest BCUT2D eigenvalue weighted by atomic mass is 32.2. The lowest BCUT2D eigenvalue weighted by molar-refractivity contribution is 0.0522. The summed E-state index contributed by atoms with van der Waals surface area (Å²) < 4.78 is 4.98. The van der Waals surface area contributed by atoms with Gasteiger partial charge in [0.05, 0.1) is 17.1 Å². The van der Waals surface area contributed by atoms with Crippen LogP contribution in [0.1, 0.15) is 17.3 Å². The lowest BCUT2D eigenvalue weighted by Crippen LogP contribution is -2.09. The van der Waals surface area contributed by atoms with E-state index >= 15 is 0 Å². The highest BCUT2D eigenvalue weighted by Crippen LogP contribution is 2.32. The first-order valence-corrected chi connectivity index (χ1v) is 6.72. The summed E-state index contributed by atoms with van der Waals surface area (Å²) in [7, 11) is 0. The van der Waals surface area contributed by atoms with Gasteiger partial charge in [-0.05, 0) is 30.8 Å². The molecule has 6 nitrogen and oxygen atoms in total. The molecule has 0 unspecified atom stereocenters. The minimum absolute atomic E-state index is 0.269. The van der Waals surface area contributed by atoms with E-state index in [0.717, 1.165) is 11.8 Å². The minimum Gasteiger partial charge on any atom is -0.462 e. The number of nitrogens with two attached hydrogens (primary N) is 1. The van der Waals surface area contributed by atoms with Crippen molar-refractivity contribution in [1.82, 2.24) is 9.97 Å². The van der Waals surface area contributed by atoms with Crippen molar-refractivity contribution in [1.29, 1.82) is 0 Å². The normalized spacial score (nSPS) is 10.2. The Labute approximate surface area is 119 Å². The fourth-order valence-corrected chi connectivity index (χ4v) is 2.44. The predicted molar refractivity (Wildman–Crippen MR) is 75.8 cm³/mol. The molecule has 2 aromatic rings. The number of anilines is 1. The van der Waals surface area contributed by atoms with Crippen LogP contribution in [0.15, 0.2) is 45.3 Å². The Kier molecular flexibility index (Phi) is 4.41. The van der Waals surface area contributed by atoms with Crippen molar-refractivity contribution < 1.29 is 9.53 Å². The molecule has 0 fully saturated rings. The van der Waals surface area contributed by atoms with E-state index in [9.17, 15) is 9.59 Å². The number of ether oxygens (including phenoxy) is 1. The molecule has 20 heavy (non-hydrogen) atoms. The molecule has 0 spiro atoms. The summed E-state index contributed by atoms with van der Waals surface area (Å²) in [6.45, 7) is 2.01. The summed E-state index contributed by atoms with van der Waals surface area (Å²) in [5.74, 6) is -0.458. The standard InChI is InChI=1S/C13H13N3O3S/c1-2-19-12(18)8-4-3-5-9(14)11(8)20-13-15-7-6-10(17)16-13/h3-7H,2,14H2,1H3,(H,15,16,17). The number of hydrogen-bond donors (Lipinski definition) is 2. The zero-order valence-electron chi connectivity index (χ0n) is 10.8. The summed E-state index contributed by atoms with van der Waals surface area (Å²) in [5, 5.41) is 0.362. The zero-order chi connectivity index (χ0) is 14.5. The van der Waals surface area contributed by atoms with Crippen LogP contribution in [0.3, 0.4) is 0 Å². The van der Waals surface area contributed by atoms with E-state index in [2.05, 4.69) is 9.97 Å². The zero-order valence-corrected chi connectivity index (χ0v) is 11.6. The quantitative estimate of drug-likeness (QED) is 0.505. The van der Waals surface area contributed by atoms with E-state index in [1.165, 1.54) is 12.3 Å². The third-order valence-electron chi connectivity index (χ3n) is 2.39. The first-order chi connectivity index (χ1) is 9.61. The van der Waals surface area contributed by atoms with Crippen LogP contribution >= 0.6 is 11.8 Å². The number of nitrogens with one attached hydrogen (secondary N) is 1. The average molecular weight is 291 g/mol. The highest BCUT2D eigenvalue weighted by molar-refractivity contribution is 7.99. The third-order valence-corrected chi connectivity index (χ3v) is 3.45. The van der Waals surface area contributed by atoms with E-state index in [4.69, 9.17) is 10.5 Å². The van der Waals surface area contributed by atoms with Gasteiger partial charge in [-0.2, -0.15) is 0 Å². The molecule has 0 saturated carbocycles. The van der Waals surface area contributed by atoms with Crippen LogP contribution in [0.25, 0.3) is 0 Å². The molecule has 3 N–H and O–H groups in total. The number of aromatic amines is 1. The predicted octanol–water partition coefficient (Wildman–Crippen LogP) is 1.68. The molecule has 1 aromatic carbocycles. The summed E-state index contributed by atoms with van der Waals surface area (Å²) in [5.41, 5.74) is 6.40. The van der Waals surface area contributed by atoms with Gasteiger partial charge in [-0.15, -0.1) is 0 Å². The Morgan fingerprint density at radius 2 is 2.25 bits per heavy atom. The SMILES string of the molecule is CCOC(=O)c1cccc(N)c1Sc1nccc(=O)[nH]1. The van der Waals surface area contributed by atoms with Gasteiger partial charge in [0.15, 0.2) is 5.16 Å². The second-order valence-electron chi connectivity index (χ2n) is 3.79. The molecular weight excluding hydrogens is 278 g/mol. The topological polar surface area (TPSA) is 98.1 Å². The lowest BCUT2D eigenvalue weighted by Gasteiger charge is -2.10. The van der Waals surface area contributed by atoms with Crippen molar-refractivity contribution in [3.05, 3.63) is 46.4 Å². The second kappa shape index (κ2) is 6.25. The number of H-pyrrole nitrogens is 1. The van der Waals surface area contributed by atoms with Crippen molar-refractivity contribution in [3.8, 4) is 0 Å². The van der Waals surface area contributed by atoms with Crippen LogP contribution < -0.4 is 11.3 Å². The number of aromatic nitrogens is 2. The maximum Gasteiger partial charge on any atom is 0.339 e. The fraction of sp³-hybridized carbons (Fsp3) is 0.154. The number of benzene rings is 1. The van der Waals surface area contributed by atoms with Crippen LogP contribution in [0, 0.1) is 0 Å². The van der Waals surface area contributed by atoms with Crippen LogP contribution in [0.4, 0.5) is 5.69 Å². The van der Waals surface area contributed by atoms with Gasteiger partial charge in [0.2, 0.25) is 0 Å². The molecule has 7 heteroatoms. The molecule has 1 aromatic heterocycles. The molecular formula is C13H13N3O3S. The van der Waals surface area contributed by atoms with Crippen LogP contribution in [-0.2, 0) is 4.74 Å². The van der Waals surface area contributed by atoms with Crippen LogP contribution in [0.5, 0.6) is 0 Å². The Morgan fingerprint density at radius 1 is 1.45 bits per heavy atom. The molecule has 0 bridgehead atoms. The first kappa shape index (κ1) is 14.1. The number of carbonyl (C=O) groups is 1.